The largest absolute Gasteiger partial charge is 0.412 e. The molecule has 0 aromatic heterocycles. The summed E-state index contributed by atoms with van der Waals surface area (Å²) in [6.07, 6.45) is 1.36. The Morgan fingerprint density at radius 1 is 1.35 bits per heavy atom. The summed E-state index contributed by atoms with van der Waals surface area (Å²) in [5, 5.41) is 2.89. The quantitative estimate of drug-likeness (QED) is 0.824. The van der Waals surface area contributed by atoms with E-state index in [-0.39, 0.29) is 6.04 Å². The molecule has 1 aromatic rings. The predicted octanol–water partition coefficient (Wildman–Crippen LogP) is 1.53. The maximum Gasteiger partial charge on any atom is 0.412 e. The SMILES string of the molecule is NC(=S)CN1CCC(NC(=O)Oc2ccccc2)CC1. The Kier molecular flexibility index (Phi) is 5.31. The molecule has 3 N–H and O–H groups in total. The summed E-state index contributed by atoms with van der Waals surface area (Å²) >= 11 is 4.90. The zero-order valence-corrected chi connectivity index (χ0v) is 12.1. The molecule has 0 radical (unpaired) electrons. The van der Waals surface area contributed by atoms with Crippen molar-refractivity contribution < 1.29 is 9.53 Å². The number of piperidine rings is 1. The fourth-order valence-electron chi connectivity index (χ4n) is 2.25. The third-order valence-corrected chi connectivity index (χ3v) is 3.37. The monoisotopic (exact) mass is 293 g/mol. The van der Waals surface area contributed by atoms with E-state index in [9.17, 15) is 4.79 Å². The molecule has 1 heterocycles. The summed E-state index contributed by atoms with van der Waals surface area (Å²) in [5.74, 6) is 0.552. The standard InChI is InChI=1S/C14H19N3O2S/c15-13(20)10-17-8-6-11(7-9-17)16-14(18)19-12-4-2-1-3-5-12/h1-5,11H,6-10H2,(H2,15,20)(H,16,18). The van der Waals surface area contributed by atoms with Crippen LogP contribution in [0.5, 0.6) is 5.75 Å². The number of para-hydroxylation sites is 1. The third-order valence-electron chi connectivity index (χ3n) is 3.24. The molecule has 108 valence electrons. The number of nitrogens with zero attached hydrogens (tertiary/aromatic N) is 1. The smallest absolute Gasteiger partial charge is 0.410 e. The molecule has 0 aliphatic carbocycles. The number of amides is 1. The van der Waals surface area contributed by atoms with E-state index in [2.05, 4.69) is 10.2 Å². The first-order valence-electron chi connectivity index (χ1n) is 6.67. The lowest BCUT2D eigenvalue weighted by molar-refractivity contribution is 0.179. The Hall–Kier alpha value is -1.66. The van der Waals surface area contributed by atoms with Gasteiger partial charge in [-0.05, 0) is 25.0 Å². The summed E-state index contributed by atoms with van der Waals surface area (Å²) in [4.78, 5) is 14.5. The van der Waals surface area contributed by atoms with Gasteiger partial charge in [-0.2, -0.15) is 0 Å². The molecule has 1 aromatic carbocycles. The van der Waals surface area contributed by atoms with E-state index in [1.54, 1.807) is 12.1 Å². The number of carbonyl (C=O) groups excluding carboxylic acids is 1. The Morgan fingerprint density at radius 2 is 2.00 bits per heavy atom. The van der Waals surface area contributed by atoms with Crippen molar-refractivity contribution in [3.63, 3.8) is 0 Å². The van der Waals surface area contributed by atoms with Gasteiger partial charge >= 0.3 is 6.09 Å². The highest BCUT2D eigenvalue weighted by Crippen LogP contribution is 2.12. The van der Waals surface area contributed by atoms with Crippen molar-refractivity contribution in [3.8, 4) is 5.75 Å². The number of ether oxygens (including phenoxy) is 1. The van der Waals surface area contributed by atoms with Gasteiger partial charge in [0.05, 0.1) is 4.99 Å². The first-order chi connectivity index (χ1) is 9.63. The number of rotatable bonds is 4. The Morgan fingerprint density at radius 3 is 2.60 bits per heavy atom. The molecule has 20 heavy (non-hydrogen) atoms. The Balaban J connectivity index is 1.72. The van der Waals surface area contributed by atoms with Gasteiger partial charge in [0.1, 0.15) is 5.75 Å². The predicted molar refractivity (Wildman–Crippen MR) is 81.8 cm³/mol. The highest BCUT2D eigenvalue weighted by atomic mass is 32.1. The van der Waals surface area contributed by atoms with Gasteiger partial charge in [-0.3, -0.25) is 4.90 Å². The van der Waals surface area contributed by atoms with E-state index in [4.69, 9.17) is 22.7 Å². The minimum atomic E-state index is -0.399. The number of thiocarbonyl (C=S) groups is 1. The van der Waals surface area contributed by atoms with E-state index >= 15 is 0 Å². The van der Waals surface area contributed by atoms with Crippen molar-refractivity contribution in [2.75, 3.05) is 19.6 Å². The van der Waals surface area contributed by atoms with E-state index in [0.717, 1.165) is 25.9 Å². The number of benzene rings is 1. The molecule has 1 fully saturated rings. The molecule has 0 unspecified atom stereocenters. The van der Waals surface area contributed by atoms with Gasteiger partial charge < -0.3 is 15.8 Å². The summed E-state index contributed by atoms with van der Waals surface area (Å²) in [6.45, 7) is 2.41. The lowest BCUT2D eigenvalue weighted by Gasteiger charge is -2.31. The van der Waals surface area contributed by atoms with Gasteiger partial charge in [0.25, 0.3) is 0 Å². The highest BCUT2D eigenvalue weighted by Gasteiger charge is 2.21. The average Bonchev–Trinajstić information content (AvgIpc) is 2.41. The Labute approximate surface area is 124 Å². The lowest BCUT2D eigenvalue weighted by atomic mass is 10.1. The van der Waals surface area contributed by atoms with Crippen LogP contribution in [0.2, 0.25) is 0 Å². The minimum absolute atomic E-state index is 0.147. The lowest BCUT2D eigenvalue weighted by Crippen LogP contribution is -2.47. The third kappa shape index (κ3) is 4.79. The molecule has 1 saturated heterocycles. The molecule has 1 aliphatic rings. The number of carbonyl (C=O) groups is 1. The number of hydrogen-bond donors (Lipinski definition) is 2. The molecular weight excluding hydrogens is 274 g/mol. The number of likely N-dealkylation sites (tertiary alicyclic amines) is 1. The summed E-state index contributed by atoms with van der Waals surface area (Å²) in [7, 11) is 0. The van der Waals surface area contributed by atoms with Crippen molar-refractivity contribution in [2.45, 2.75) is 18.9 Å². The second kappa shape index (κ2) is 7.21. The summed E-state index contributed by atoms with van der Waals surface area (Å²) < 4.78 is 5.20. The van der Waals surface area contributed by atoms with Crippen LogP contribution >= 0.6 is 12.2 Å². The van der Waals surface area contributed by atoms with Crippen molar-refractivity contribution in [3.05, 3.63) is 30.3 Å². The van der Waals surface area contributed by atoms with Crippen LogP contribution in [0.1, 0.15) is 12.8 Å². The topological polar surface area (TPSA) is 67.6 Å². The molecule has 0 atom stereocenters. The van der Waals surface area contributed by atoms with Crippen LogP contribution in [0.3, 0.4) is 0 Å². The molecule has 1 aliphatic heterocycles. The molecule has 0 saturated carbocycles. The Bertz CT molecular complexity index is 459. The van der Waals surface area contributed by atoms with Crippen LogP contribution in [0.15, 0.2) is 30.3 Å². The van der Waals surface area contributed by atoms with Crippen LogP contribution in [0, 0.1) is 0 Å². The number of nitrogens with one attached hydrogen (secondary N) is 1. The van der Waals surface area contributed by atoms with Crippen molar-refractivity contribution in [1.29, 1.82) is 0 Å². The maximum absolute atomic E-state index is 11.8. The maximum atomic E-state index is 11.8. The normalized spacial score (nSPS) is 16.6. The molecule has 6 heteroatoms. The molecule has 0 spiro atoms. The van der Waals surface area contributed by atoms with E-state index in [0.29, 0.717) is 17.3 Å². The molecule has 1 amide bonds. The first kappa shape index (κ1) is 14.7. The summed E-state index contributed by atoms with van der Waals surface area (Å²) in [5.41, 5.74) is 5.52. The number of hydrogen-bond acceptors (Lipinski definition) is 4. The first-order valence-corrected chi connectivity index (χ1v) is 7.08. The number of nitrogens with two attached hydrogens (primary N) is 1. The van der Waals surface area contributed by atoms with Crippen LogP contribution in [0.4, 0.5) is 4.79 Å². The van der Waals surface area contributed by atoms with E-state index < -0.39 is 6.09 Å². The van der Waals surface area contributed by atoms with Crippen molar-refractivity contribution in [2.24, 2.45) is 5.73 Å². The van der Waals surface area contributed by atoms with Crippen LogP contribution < -0.4 is 15.8 Å². The van der Waals surface area contributed by atoms with Gasteiger partial charge in [-0.25, -0.2) is 4.79 Å². The van der Waals surface area contributed by atoms with Gasteiger partial charge in [0, 0.05) is 25.7 Å². The fourth-order valence-corrected chi connectivity index (χ4v) is 2.43. The van der Waals surface area contributed by atoms with Gasteiger partial charge in [-0.1, -0.05) is 30.4 Å². The minimum Gasteiger partial charge on any atom is -0.410 e. The second-order valence-electron chi connectivity index (χ2n) is 4.86. The van der Waals surface area contributed by atoms with Crippen molar-refractivity contribution >= 4 is 23.3 Å². The molecular formula is C14H19N3O2S. The van der Waals surface area contributed by atoms with Gasteiger partial charge in [0.2, 0.25) is 0 Å². The second-order valence-corrected chi connectivity index (χ2v) is 5.39. The van der Waals surface area contributed by atoms with E-state index in [1.807, 2.05) is 18.2 Å². The van der Waals surface area contributed by atoms with Crippen LogP contribution in [-0.2, 0) is 0 Å². The van der Waals surface area contributed by atoms with Gasteiger partial charge in [0.15, 0.2) is 0 Å². The summed E-state index contributed by atoms with van der Waals surface area (Å²) in [6, 6.07) is 9.19. The zero-order valence-electron chi connectivity index (χ0n) is 11.2. The fraction of sp³-hybridized carbons (Fsp3) is 0.429. The van der Waals surface area contributed by atoms with Crippen molar-refractivity contribution in [1.82, 2.24) is 10.2 Å². The molecule has 2 rings (SSSR count). The average molecular weight is 293 g/mol. The van der Waals surface area contributed by atoms with Gasteiger partial charge in [-0.15, -0.1) is 0 Å². The molecule has 0 bridgehead atoms. The van der Waals surface area contributed by atoms with Crippen LogP contribution in [-0.4, -0.2) is 41.7 Å². The molecule has 5 nitrogen and oxygen atoms in total. The zero-order chi connectivity index (χ0) is 14.4. The van der Waals surface area contributed by atoms with E-state index in [1.165, 1.54) is 0 Å². The van der Waals surface area contributed by atoms with Crippen LogP contribution in [0.25, 0.3) is 0 Å². The highest BCUT2D eigenvalue weighted by molar-refractivity contribution is 7.80.